The highest BCUT2D eigenvalue weighted by Gasteiger charge is 2.09. The van der Waals surface area contributed by atoms with Crippen molar-refractivity contribution in [3.05, 3.63) is 58.0 Å². The van der Waals surface area contributed by atoms with Gasteiger partial charge in [0.2, 0.25) is 5.91 Å². The standard InChI is InChI=1S/C14H13F2N3O2/c1-19-14(21)7-4-10(18-19)3-6-13(20)17-12-8-9(15)2-5-11(12)16/h2,4-5,7-8H,3,6H2,1H3,(H,17,20). The molecule has 0 radical (unpaired) electrons. The maximum atomic E-state index is 13.4. The highest BCUT2D eigenvalue weighted by Crippen LogP contribution is 2.15. The number of nitrogens with zero attached hydrogens (tertiary/aromatic N) is 2. The smallest absolute Gasteiger partial charge is 0.266 e. The third-order valence-corrected chi connectivity index (χ3v) is 2.83. The minimum atomic E-state index is -0.704. The number of hydrogen-bond donors (Lipinski definition) is 1. The number of carbonyl (C=O) groups excluding carboxylic acids is 1. The number of aryl methyl sites for hydroxylation is 2. The lowest BCUT2D eigenvalue weighted by atomic mass is 10.2. The second kappa shape index (κ2) is 6.25. The van der Waals surface area contributed by atoms with Crippen LogP contribution < -0.4 is 10.9 Å². The molecule has 7 heteroatoms. The summed E-state index contributed by atoms with van der Waals surface area (Å²) in [4.78, 5) is 22.9. The summed E-state index contributed by atoms with van der Waals surface area (Å²) in [7, 11) is 1.51. The number of nitrogens with one attached hydrogen (secondary N) is 1. The lowest BCUT2D eigenvalue weighted by Gasteiger charge is -2.06. The van der Waals surface area contributed by atoms with E-state index in [9.17, 15) is 18.4 Å². The molecular weight excluding hydrogens is 280 g/mol. The molecule has 1 aromatic carbocycles. The molecule has 1 N–H and O–H groups in total. The van der Waals surface area contributed by atoms with Gasteiger partial charge in [0.1, 0.15) is 11.6 Å². The highest BCUT2D eigenvalue weighted by molar-refractivity contribution is 5.90. The Hall–Kier alpha value is -2.57. The second-order valence-electron chi connectivity index (χ2n) is 4.46. The van der Waals surface area contributed by atoms with Crippen molar-refractivity contribution in [3.8, 4) is 0 Å². The van der Waals surface area contributed by atoms with Gasteiger partial charge >= 0.3 is 0 Å². The van der Waals surface area contributed by atoms with Crippen molar-refractivity contribution in [1.29, 1.82) is 0 Å². The van der Waals surface area contributed by atoms with Gasteiger partial charge < -0.3 is 5.32 Å². The molecule has 110 valence electrons. The fraction of sp³-hybridized carbons (Fsp3) is 0.214. The van der Waals surface area contributed by atoms with Crippen LogP contribution in [0.2, 0.25) is 0 Å². The molecule has 0 aliphatic rings. The fourth-order valence-corrected chi connectivity index (χ4v) is 1.73. The van der Waals surface area contributed by atoms with Crippen molar-refractivity contribution in [2.45, 2.75) is 12.8 Å². The number of aromatic nitrogens is 2. The average molecular weight is 293 g/mol. The molecule has 0 unspecified atom stereocenters. The molecule has 1 aromatic heterocycles. The van der Waals surface area contributed by atoms with Crippen LogP contribution in [0.1, 0.15) is 12.1 Å². The summed E-state index contributed by atoms with van der Waals surface area (Å²) in [5, 5.41) is 6.27. The minimum absolute atomic E-state index is 0.0428. The predicted octanol–water partition coefficient (Wildman–Crippen LogP) is 1.63. The molecule has 1 amide bonds. The van der Waals surface area contributed by atoms with E-state index in [4.69, 9.17) is 0 Å². The molecule has 2 rings (SSSR count). The Kier molecular flexibility index (Phi) is 4.42. The van der Waals surface area contributed by atoms with Crippen LogP contribution in [0.5, 0.6) is 0 Å². The second-order valence-corrected chi connectivity index (χ2v) is 4.46. The van der Waals surface area contributed by atoms with Crippen molar-refractivity contribution in [3.63, 3.8) is 0 Å². The van der Waals surface area contributed by atoms with E-state index in [0.717, 1.165) is 18.2 Å². The molecule has 0 fully saturated rings. The van der Waals surface area contributed by atoms with Gasteiger partial charge in [-0.2, -0.15) is 5.10 Å². The van der Waals surface area contributed by atoms with Crippen molar-refractivity contribution in [1.82, 2.24) is 9.78 Å². The third-order valence-electron chi connectivity index (χ3n) is 2.83. The Morgan fingerprint density at radius 2 is 2.05 bits per heavy atom. The van der Waals surface area contributed by atoms with Crippen LogP contribution in [-0.4, -0.2) is 15.7 Å². The number of hydrogen-bond acceptors (Lipinski definition) is 3. The zero-order chi connectivity index (χ0) is 15.4. The molecule has 0 spiro atoms. The lowest BCUT2D eigenvalue weighted by Crippen LogP contribution is -2.20. The Morgan fingerprint density at radius 1 is 1.29 bits per heavy atom. The Morgan fingerprint density at radius 3 is 2.76 bits per heavy atom. The van der Waals surface area contributed by atoms with Gasteiger partial charge in [-0.25, -0.2) is 13.5 Å². The van der Waals surface area contributed by atoms with Gasteiger partial charge in [0.05, 0.1) is 11.4 Å². The first kappa shape index (κ1) is 14.8. The Bertz CT molecular complexity index is 728. The van der Waals surface area contributed by atoms with Gasteiger partial charge in [-0.1, -0.05) is 0 Å². The molecule has 0 atom stereocenters. The van der Waals surface area contributed by atoms with Gasteiger partial charge in [-0.15, -0.1) is 0 Å². The van der Waals surface area contributed by atoms with Crippen molar-refractivity contribution < 1.29 is 13.6 Å². The molecule has 0 bridgehead atoms. The van der Waals surface area contributed by atoms with E-state index >= 15 is 0 Å². The molecule has 2 aromatic rings. The summed E-state index contributed by atoms with van der Waals surface area (Å²) in [6, 6.07) is 5.71. The number of halogens is 2. The monoisotopic (exact) mass is 293 g/mol. The van der Waals surface area contributed by atoms with Crippen LogP contribution in [0.15, 0.2) is 35.1 Å². The first-order chi connectivity index (χ1) is 9.95. The zero-order valence-electron chi connectivity index (χ0n) is 11.3. The summed E-state index contributed by atoms with van der Waals surface area (Å²) in [6.07, 6.45) is 0.331. The molecule has 1 heterocycles. The van der Waals surface area contributed by atoms with E-state index < -0.39 is 17.5 Å². The quantitative estimate of drug-likeness (QED) is 0.932. The number of amides is 1. The van der Waals surface area contributed by atoms with E-state index in [2.05, 4.69) is 10.4 Å². The maximum absolute atomic E-state index is 13.4. The van der Waals surface area contributed by atoms with Gasteiger partial charge in [-0.3, -0.25) is 9.59 Å². The summed E-state index contributed by atoms with van der Waals surface area (Å²) in [6.45, 7) is 0. The van der Waals surface area contributed by atoms with E-state index in [0.29, 0.717) is 5.69 Å². The average Bonchev–Trinajstić information content (AvgIpc) is 2.44. The fourth-order valence-electron chi connectivity index (χ4n) is 1.73. The van der Waals surface area contributed by atoms with E-state index in [1.807, 2.05) is 0 Å². The van der Waals surface area contributed by atoms with Gasteiger partial charge in [0.25, 0.3) is 5.56 Å². The van der Waals surface area contributed by atoms with Crippen LogP contribution in [0.4, 0.5) is 14.5 Å². The first-order valence-corrected chi connectivity index (χ1v) is 6.24. The van der Waals surface area contributed by atoms with E-state index in [1.54, 1.807) is 0 Å². The Labute approximate surface area is 119 Å². The third kappa shape index (κ3) is 3.95. The van der Waals surface area contributed by atoms with E-state index in [1.165, 1.54) is 23.9 Å². The summed E-state index contributed by atoms with van der Waals surface area (Å²) in [5.41, 5.74) is 0.116. The van der Waals surface area contributed by atoms with Crippen molar-refractivity contribution in [2.75, 3.05) is 5.32 Å². The molecule has 5 nitrogen and oxygen atoms in total. The zero-order valence-corrected chi connectivity index (χ0v) is 11.3. The van der Waals surface area contributed by atoms with Crippen LogP contribution in [0, 0.1) is 11.6 Å². The first-order valence-electron chi connectivity index (χ1n) is 6.24. The molecule has 0 saturated heterocycles. The normalized spacial score (nSPS) is 10.4. The molecular formula is C14H13F2N3O2. The van der Waals surface area contributed by atoms with Crippen LogP contribution in [0.25, 0.3) is 0 Å². The Balaban J connectivity index is 1.97. The van der Waals surface area contributed by atoms with Crippen LogP contribution >= 0.6 is 0 Å². The number of anilines is 1. The van der Waals surface area contributed by atoms with Crippen LogP contribution in [-0.2, 0) is 18.3 Å². The SMILES string of the molecule is Cn1nc(CCC(=O)Nc2cc(F)ccc2F)ccc1=O. The molecule has 0 aliphatic heterocycles. The van der Waals surface area contributed by atoms with Crippen molar-refractivity contribution in [2.24, 2.45) is 7.05 Å². The summed E-state index contributed by atoms with van der Waals surface area (Å²) >= 11 is 0. The number of carbonyl (C=O) groups is 1. The van der Waals surface area contributed by atoms with E-state index in [-0.39, 0.29) is 24.1 Å². The van der Waals surface area contributed by atoms with Crippen LogP contribution in [0.3, 0.4) is 0 Å². The van der Waals surface area contributed by atoms with Gasteiger partial charge in [0.15, 0.2) is 0 Å². The van der Waals surface area contributed by atoms with Gasteiger partial charge in [0, 0.05) is 32.0 Å². The number of rotatable bonds is 4. The number of benzene rings is 1. The topological polar surface area (TPSA) is 64.0 Å². The summed E-state index contributed by atoms with van der Waals surface area (Å²) in [5.74, 6) is -1.80. The van der Waals surface area contributed by atoms with Gasteiger partial charge in [-0.05, 0) is 18.2 Å². The minimum Gasteiger partial charge on any atom is -0.324 e. The molecule has 0 saturated carbocycles. The van der Waals surface area contributed by atoms with Crippen molar-refractivity contribution >= 4 is 11.6 Å². The maximum Gasteiger partial charge on any atom is 0.266 e. The molecule has 0 aliphatic carbocycles. The molecule has 21 heavy (non-hydrogen) atoms. The summed E-state index contributed by atoms with van der Waals surface area (Å²) < 4.78 is 27.5. The lowest BCUT2D eigenvalue weighted by molar-refractivity contribution is -0.116. The predicted molar refractivity (Wildman–Crippen MR) is 72.8 cm³/mol. The highest BCUT2D eigenvalue weighted by atomic mass is 19.1. The largest absolute Gasteiger partial charge is 0.324 e.